The molecule has 0 aromatic heterocycles. The average Bonchev–Trinajstić information content (AvgIpc) is 2.77. The van der Waals surface area contributed by atoms with Crippen LogP contribution in [-0.4, -0.2) is 0 Å². The zero-order chi connectivity index (χ0) is 20.1. The van der Waals surface area contributed by atoms with Crippen LogP contribution >= 0.6 is 15.9 Å². The molecule has 0 fully saturated rings. The van der Waals surface area contributed by atoms with Gasteiger partial charge in [0.15, 0.2) is 0 Å². The summed E-state index contributed by atoms with van der Waals surface area (Å²) in [5.41, 5.74) is 4.88. The van der Waals surface area contributed by atoms with E-state index in [1.807, 2.05) is 6.07 Å². The van der Waals surface area contributed by atoms with Gasteiger partial charge in [-0.05, 0) is 74.1 Å². The van der Waals surface area contributed by atoms with Gasteiger partial charge in [0.25, 0.3) is 0 Å². The second-order valence-electron chi connectivity index (χ2n) is 7.10. The lowest BCUT2D eigenvalue weighted by Crippen LogP contribution is -2.01. The molecule has 0 amide bonds. The van der Waals surface area contributed by atoms with E-state index >= 15 is 0 Å². The second kappa shape index (κ2) is 9.15. The number of hydrogen-bond acceptors (Lipinski definition) is 2. The SMILES string of the molecule is CCc1ccc(NCc2ccc(OCc3cccc4ccccc34)c(Br)c2)cc1. The van der Waals surface area contributed by atoms with Gasteiger partial charge in [-0.2, -0.15) is 0 Å². The topological polar surface area (TPSA) is 21.3 Å². The molecule has 2 nitrogen and oxygen atoms in total. The van der Waals surface area contributed by atoms with E-state index in [1.54, 1.807) is 0 Å². The van der Waals surface area contributed by atoms with Crippen molar-refractivity contribution in [3.8, 4) is 5.75 Å². The molecule has 0 unspecified atom stereocenters. The number of hydrogen-bond donors (Lipinski definition) is 1. The van der Waals surface area contributed by atoms with Gasteiger partial charge in [-0.15, -0.1) is 0 Å². The van der Waals surface area contributed by atoms with Gasteiger partial charge in [0, 0.05) is 12.2 Å². The van der Waals surface area contributed by atoms with E-state index in [2.05, 4.69) is 107 Å². The number of rotatable bonds is 7. The number of anilines is 1. The fraction of sp³-hybridized carbons (Fsp3) is 0.154. The Balaban J connectivity index is 1.40. The van der Waals surface area contributed by atoms with Crippen molar-refractivity contribution in [2.45, 2.75) is 26.5 Å². The molecule has 0 bridgehead atoms. The highest BCUT2D eigenvalue weighted by molar-refractivity contribution is 9.10. The Bertz CT molecular complexity index is 1100. The van der Waals surface area contributed by atoms with Crippen molar-refractivity contribution in [2.24, 2.45) is 0 Å². The Kier molecular flexibility index (Phi) is 6.16. The molecule has 0 heterocycles. The summed E-state index contributed by atoms with van der Waals surface area (Å²) in [4.78, 5) is 0. The largest absolute Gasteiger partial charge is 0.488 e. The Morgan fingerprint density at radius 1 is 0.828 bits per heavy atom. The van der Waals surface area contributed by atoms with Crippen LogP contribution in [0.4, 0.5) is 5.69 Å². The summed E-state index contributed by atoms with van der Waals surface area (Å²) >= 11 is 3.66. The van der Waals surface area contributed by atoms with Crippen LogP contribution in [0.1, 0.15) is 23.6 Å². The van der Waals surface area contributed by atoms with Gasteiger partial charge in [-0.1, -0.05) is 67.6 Å². The van der Waals surface area contributed by atoms with Crippen molar-refractivity contribution in [1.82, 2.24) is 0 Å². The summed E-state index contributed by atoms with van der Waals surface area (Å²) < 4.78 is 7.08. The van der Waals surface area contributed by atoms with Crippen LogP contribution in [0.3, 0.4) is 0 Å². The minimum Gasteiger partial charge on any atom is -0.488 e. The molecule has 0 radical (unpaired) electrons. The van der Waals surface area contributed by atoms with Crippen molar-refractivity contribution in [3.05, 3.63) is 106 Å². The first-order chi connectivity index (χ1) is 14.2. The number of aryl methyl sites for hydroxylation is 1. The molecular weight excluding hydrogens is 422 g/mol. The Morgan fingerprint density at radius 3 is 2.38 bits per heavy atom. The highest BCUT2D eigenvalue weighted by Gasteiger charge is 2.06. The van der Waals surface area contributed by atoms with Crippen LogP contribution in [-0.2, 0) is 19.6 Å². The van der Waals surface area contributed by atoms with E-state index < -0.39 is 0 Å². The zero-order valence-corrected chi connectivity index (χ0v) is 18.1. The standard InChI is InChI=1S/C26H24BrNO/c1-2-19-10-13-23(14-11-19)28-17-20-12-15-26(25(27)16-20)29-18-22-8-5-7-21-6-3-4-9-24(21)22/h3-16,28H,2,17-18H2,1H3. The van der Waals surface area contributed by atoms with Gasteiger partial charge < -0.3 is 10.1 Å². The van der Waals surface area contributed by atoms with Gasteiger partial charge in [0.05, 0.1) is 4.47 Å². The Morgan fingerprint density at radius 2 is 1.59 bits per heavy atom. The summed E-state index contributed by atoms with van der Waals surface area (Å²) in [6.07, 6.45) is 1.06. The summed E-state index contributed by atoms with van der Waals surface area (Å²) in [5, 5.41) is 5.95. The lowest BCUT2D eigenvalue weighted by atomic mass is 10.1. The Hall–Kier alpha value is -2.78. The maximum atomic E-state index is 6.11. The van der Waals surface area contributed by atoms with Crippen LogP contribution in [0.2, 0.25) is 0 Å². The predicted molar refractivity (Wildman–Crippen MR) is 126 cm³/mol. The molecule has 1 N–H and O–H groups in total. The lowest BCUT2D eigenvalue weighted by Gasteiger charge is -2.12. The third-order valence-corrected chi connectivity index (χ3v) is 5.74. The average molecular weight is 446 g/mol. The van der Waals surface area contributed by atoms with E-state index in [0.717, 1.165) is 28.9 Å². The van der Waals surface area contributed by atoms with Crippen LogP contribution in [0.5, 0.6) is 5.75 Å². The second-order valence-corrected chi connectivity index (χ2v) is 7.95. The predicted octanol–water partition coefficient (Wildman–Crippen LogP) is 7.36. The van der Waals surface area contributed by atoms with Crippen LogP contribution in [0.15, 0.2) is 89.4 Å². The zero-order valence-electron chi connectivity index (χ0n) is 16.5. The molecule has 0 aliphatic heterocycles. The minimum atomic E-state index is 0.543. The molecular formula is C26H24BrNO. The van der Waals surface area contributed by atoms with E-state index in [1.165, 1.54) is 27.5 Å². The van der Waals surface area contributed by atoms with Crippen LogP contribution in [0.25, 0.3) is 10.8 Å². The van der Waals surface area contributed by atoms with Crippen LogP contribution < -0.4 is 10.1 Å². The summed E-state index contributed by atoms with van der Waals surface area (Å²) in [6, 6.07) is 29.6. The van der Waals surface area contributed by atoms with E-state index in [0.29, 0.717) is 6.61 Å². The van der Waals surface area contributed by atoms with Crippen molar-refractivity contribution in [2.75, 3.05) is 5.32 Å². The van der Waals surface area contributed by atoms with Crippen molar-refractivity contribution >= 4 is 32.4 Å². The summed E-state index contributed by atoms with van der Waals surface area (Å²) in [7, 11) is 0. The molecule has 0 aliphatic rings. The van der Waals surface area contributed by atoms with Crippen LogP contribution in [0, 0.1) is 0 Å². The molecule has 0 atom stereocenters. The lowest BCUT2D eigenvalue weighted by molar-refractivity contribution is 0.305. The minimum absolute atomic E-state index is 0.543. The summed E-state index contributed by atoms with van der Waals surface area (Å²) in [5.74, 6) is 0.856. The van der Waals surface area contributed by atoms with E-state index in [4.69, 9.17) is 4.74 Å². The third kappa shape index (κ3) is 4.80. The Labute approximate surface area is 180 Å². The molecule has 3 heteroatoms. The molecule has 0 spiro atoms. The van der Waals surface area contributed by atoms with Crippen molar-refractivity contribution in [3.63, 3.8) is 0 Å². The quantitative estimate of drug-likeness (QED) is 0.320. The fourth-order valence-electron chi connectivity index (χ4n) is 3.41. The van der Waals surface area contributed by atoms with Gasteiger partial charge >= 0.3 is 0 Å². The molecule has 146 valence electrons. The molecule has 0 aliphatic carbocycles. The van der Waals surface area contributed by atoms with Gasteiger partial charge in [-0.25, -0.2) is 0 Å². The van der Waals surface area contributed by atoms with Gasteiger partial charge in [0.2, 0.25) is 0 Å². The number of ether oxygens (including phenoxy) is 1. The molecule has 4 rings (SSSR count). The smallest absolute Gasteiger partial charge is 0.134 e. The van der Waals surface area contributed by atoms with Gasteiger partial charge in [0.1, 0.15) is 12.4 Å². The highest BCUT2D eigenvalue weighted by atomic mass is 79.9. The summed E-state index contributed by atoms with van der Waals surface area (Å²) in [6.45, 7) is 3.48. The molecule has 29 heavy (non-hydrogen) atoms. The monoisotopic (exact) mass is 445 g/mol. The fourth-order valence-corrected chi connectivity index (χ4v) is 3.95. The number of nitrogens with one attached hydrogen (secondary N) is 1. The number of benzene rings is 4. The number of halogens is 1. The first-order valence-corrected chi connectivity index (χ1v) is 10.7. The third-order valence-electron chi connectivity index (χ3n) is 5.12. The van der Waals surface area contributed by atoms with E-state index in [-0.39, 0.29) is 0 Å². The molecule has 4 aromatic rings. The van der Waals surface area contributed by atoms with Crippen molar-refractivity contribution in [1.29, 1.82) is 0 Å². The van der Waals surface area contributed by atoms with Crippen molar-refractivity contribution < 1.29 is 4.74 Å². The van der Waals surface area contributed by atoms with E-state index in [9.17, 15) is 0 Å². The maximum absolute atomic E-state index is 6.11. The first-order valence-electron chi connectivity index (χ1n) is 9.93. The number of fused-ring (bicyclic) bond motifs is 1. The van der Waals surface area contributed by atoms with Gasteiger partial charge in [-0.3, -0.25) is 0 Å². The molecule has 0 saturated carbocycles. The molecule has 0 saturated heterocycles. The molecule has 4 aromatic carbocycles. The first kappa shape index (κ1) is 19.5. The maximum Gasteiger partial charge on any atom is 0.134 e. The normalized spacial score (nSPS) is 10.8. The highest BCUT2D eigenvalue weighted by Crippen LogP contribution is 2.28.